The molecule has 4 heteroatoms. The molecule has 0 unspecified atom stereocenters. The summed E-state index contributed by atoms with van der Waals surface area (Å²) in [6.07, 6.45) is 1.06. The summed E-state index contributed by atoms with van der Waals surface area (Å²) in [5, 5.41) is 0.461. The molecule has 0 aliphatic carbocycles. The van der Waals surface area contributed by atoms with Gasteiger partial charge in [-0.05, 0) is 35.4 Å². The van der Waals surface area contributed by atoms with Crippen molar-refractivity contribution in [3.8, 4) is 17.3 Å². The van der Waals surface area contributed by atoms with Gasteiger partial charge in [0.1, 0.15) is 11.7 Å². The van der Waals surface area contributed by atoms with Crippen LogP contribution in [0.4, 0.5) is 0 Å². The van der Waals surface area contributed by atoms with Gasteiger partial charge in [0, 0.05) is 0 Å². The largest absolute Gasteiger partial charge is 0.473 e. The molecule has 0 saturated carbocycles. The van der Waals surface area contributed by atoms with Gasteiger partial charge in [-0.2, -0.15) is 0 Å². The van der Waals surface area contributed by atoms with Crippen LogP contribution in [0, 0.1) is 0 Å². The van der Waals surface area contributed by atoms with Crippen LogP contribution in [0.25, 0.3) is 22.5 Å². The zero-order chi connectivity index (χ0) is 20.3. The van der Waals surface area contributed by atoms with Gasteiger partial charge in [0.15, 0.2) is 5.76 Å². The molecule has 2 aromatic heterocycles. The Kier molecular flexibility index (Phi) is 4.66. The molecule has 146 valence electrons. The number of fused-ring (bicyclic) bond motifs is 1. The van der Waals surface area contributed by atoms with E-state index in [0.717, 1.165) is 11.1 Å². The molecule has 0 fully saturated rings. The molecule has 0 saturated heterocycles. The van der Waals surface area contributed by atoms with Gasteiger partial charge < -0.3 is 13.6 Å². The highest BCUT2D eigenvalue weighted by Gasteiger charge is 2.24. The summed E-state index contributed by atoms with van der Waals surface area (Å²) in [6.45, 7) is 0. The first-order valence-electron chi connectivity index (χ1n) is 9.67. The smallest absolute Gasteiger partial charge is 0.235 e. The zero-order valence-electron chi connectivity index (χ0n) is 16.0. The molecule has 30 heavy (non-hydrogen) atoms. The van der Waals surface area contributed by atoms with E-state index < -0.39 is 6.10 Å². The minimum absolute atomic E-state index is 0.126. The summed E-state index contributed by atoms with van der Waals surface area (Å²) in [6, 6.07) is 30.2. The quantitative estimate of drug-likeness (QED) is 0.355. The normalized spacial score (nSPS) is 11.1. The van der Waals surface area contributed by atoms with Crippen molar-refractivity contribution < 1.29 is 13.6 Å². The van der Waals surface area contributed by atoms with E-state index in [1.807, 2.05) is 72.8 Å². The van der Waals surface area contributed by atoms with Crippen LogP contribution in [-0.4, -0.2) is 0 Å². The summed E-state index contributed by atoms with van der Waals surface area (Å²) < 4.78 is 18.0. The average molecular weight is 394 g/mol. The number of hydrogen-bond acceptors (Lipinski definition) is 4. The van der Waals surface area contributed by atoms with Crippen molar-refractivity contribution in [1.82, 2.24) is 0 Å². The molecule has 4 nitrogen and oxygen atoms in total. The predicted octanol–water partition coefficient (Wildman–Crippen LogP) is 6.22. The summed E-state index contributed by atoms with van der Waals surface area (Å²) in [5.74, 6) is 0.842. The van der Waals surface area contributed by atoms with Gasteiger partial charge in [-0.3, -0.25) is 4.79 Å². The van der Waals surface area contributed by atoms with E-state index in [1.54, 1.807) is 30.5 Å². The maximum atomic E-state index is 13.4. The maximum Gasteiger partial charge on any atom is 0.235 e. The van der Waals surface area contributed by atoms with Gasteiger partial charge in [-0.25, -0.2) is 0 Å². The topological polar surface area (TPSA) is 52.6 Å². The summed E-state index contributed by atoms with van der Waals surface area (Å²) >= 11 is 0. The van der Waals surface area contributed by atoms with Gasteiger partial charge in [0.25, 0.3) is 0 Å². The molecule has 5 aromatic rings. The number of para-hydroxylation sites is 1. The molecule has 0 bridgehead atoms. The second-order valence-corrected chi connectivity index (χ2v) is 6.88. The molecule has 0 N–H and O–H groups in total. The number of ether oxygens (including phenoxy) is 1. The van der Waals surface area contributed by atoms with E-state index in [9.17, 15) is 4.79 Å². The second-order valence-electron chi connectivity index (χ2n) is 6.88. The third-order valence-electron chi connectivity index (χ3n) is 4.94. The van der Waals surface area contributed by atoms with E-state index in [4.69, 9.17) is 13.6 Å². The SMILES string of the molecule is O=c1c(OC(c2ccccc2)c2ccccc2)c(-c2ccco2)oc2ccccc12. The lowest BCUT2D eigenvalue weighted by Crippen LogP contribution is -2.16. The van der Waals surface area contributed by atoms with Crippen LogP contribution in [0.3, 0.4) is 0 Å². The van der Waals surface area contributed by atoms with E-state index >= 15 is 0 Å². The molecule has 0 atom stereocenters. The van der Waals surface area contributed by atoms with E-state index in [2.05, 4.69) is 0 Å². The van der Waals surface area contributed by atoms with Crippen LogP contribution in [0.1, 0.15) is 17.2 Å². The van der Waals surface area contributed by atoms with Crippen molar-refractivity contribution in [2.75, 3.05) is 0 Å². The van der Waals surface area contributed by atoms with Crippen LogP contribution in [-0.2, 0) is 0 Å². The van der Waals surface area contributed by atoms with Crippen LogP contribution in [0.2, 0.25) is 0 Å². The predicted molar refractivity (Wildman–Crippen MR) is 116 cm³/mol. The minimum atomic E-state index is -0.481. The Labute approximate surface area is 173 Å². The number of hydrogen-bond donors (Lipinski definition) is 0. The minimum Gasteiger partial charge on any atom is -0.473 e. The van der Waals surface area contributed by atoms with Crippen LogP contribution >= 0.6 is 0 Å². The third kappa shape index (κ3) is 3.29. The van der Waals surface area contributed by atoms with E-state index in [-0.39, 0.29) is 16.9 Å². The summed E-state index contributed by atoms with van der Waals surface area (Å²) in [5.41, 5.74) is 2.11. The second kappa shape index (κ2) is 7.76. The molecular formula is C26H18O4. The first-order valence-corrected chi connectivity index (χ1v) is 9.67. The Morgan fingerprint density at radius 3 is 1.97 bits per heavy atom. The molecule has 3 aromatic carbocycles. The zero-order valence-corrected chi connectivity index (χ0v) is 16.0. The van der Waals surface area contributed by atoms with Gasteiger partial charge >= 0.3 is 0 Å². The molecule has 0 amide bonds. The van der Waals surface area contributed by atoms with E-state index in [1.165, 1.54) is 0 Å². The van der Waals surface area contributed by atoms with Crippen molar-refractivity contribution in [2.24, 2.45) is 0 Å². The van der Waals surface area contributed by atoms with Crippen molar-refractivity contribution in [2.45, 2.75) is 6.10 Å². The fourth-order valence-electron chi connectivity index (χ4n) is 3.50. The Balaban J connectivity index is 1.72. The van der Waals surface area contributed by atoms with Gasteiger partial charge in [-0.1, -0.05) is 72.8 Å². The molecule has 0 spiro atoms. The lowest BCUT2D eigenvalue weighted by atomic mass is 10.0. The Morgan fingerprint density at radius 1 is 0.700 bits per heavy atom. The Bertz CT molecular complexity index is 1280. The lowest BCUT2D eigenvalue weighted by molar-refractivity contribution is 0.240. The number of rotatable bonds is 5. The van der Waals surface area contributed by atoms with Crippen molar-refractivity contribution in [1.29, 1.82) is 0 Å². The number of furan rings is 1. The summed E-state index contributed by atoms with van der Waals surface area (Å²) in [7, 11) is 0. The Hall–Kier alpha value is -4.05. The van der Waals surface area contributed by atoms with Crippen LogP contribution in [0.15, 0.2) is 117 Å². The molecular weight excluding hydrogens is 376 g/mol. The molecule has 0 aliphatic rings. The highest BCUT2D eigenvalue weighted by Crippen LogP contribution is 2.35. The Morgan fingerprint density at radius 2 is 1.33 bits per heavy atom. The van der Waals surface area contributed by atoms with Gasteiger partial charge in [0.2, 0.25) is 16.9 Å². The van der Waals surface area contributed by atoms with Gasteiger partial charge in [-0.15, -0.1) is 0 Å². The lowest BCUT2D eigenvalue weighted by Gasteiger charge is -2.21. The van der Waals surface area contributed by atoms with Gasteiger partial charge in [0.05, 0.1) is 11.6 Å². The fourth-order valence-corrected chi connectivity index (χ4v) is 3.50. The first kappa shape index (κ1) is 18.0. The average Bonchev–Trinajstić information content (AvgIpc) is 3.34. The molecule has 0 radical (unpaired) electrons. The summed E-state index contributed by atoms with van der Waals surface area (Å²) in [4.78, 5) is 13.4. The number of benzene rings is 3. The fraction of sp³-hybridized carbons (Fsp3) is 0.0385. The first-order chi connectivity index (χ1) is 14.8. The highest BCUT2D eigenvalue weighted by molar-refractivity contribution is 5.81. The standard InChI is InChI=1S/C26H18O4/c27-23-20-14-7-8-15-21(20)29-25(22-16-9-17-28-22)26(23)30-24(18-10-3-1-4-11-18)19-12-5-2-6-13-19/h1-17,24H. The third-order valence-corrected chi connectivity index (χ3v) is 4.94. The van der Waals surface area contributed by atoms with Crippen molar-refractivity contribution in [3.63, 3.8) is 0 Å². The molecule has 2 heterocycles. The molecule has 5 rings (SSSR count). The monoisotopic (exact) mass is 394 g/mol. The molecule has 0 aliphatic heterocycles. The van der Waals surface area contributed by atoms with Crippen LogP contribution < -0.4 is 10.2 Å². The maximum absolute atomic E-state index is 13.4. The van der Waals surface area contributed by atoms with Crippen LogP contribution in [0.5, 0.6) is 5.75 Å². The van der Waals surface area contributed by atoms with Crippen molar-refractivity contribution in [3.05, 3.63) is 125 Å². The van der Waals surface area contributed by atoms with Crippen molar-refractivity contribution >= 4 is 11.0 Å². The van der Waals surface area contributed by atoms with E-state index in [0.29, 0.717) is 16.7 Å². The highest BCUT2D eigenvalue weighted by atomic mass is 16.5.